The van der Waals surface area contributed by atoms with E-state index in [9.17, 15) is 44.7 Å². The summed E-state index contributed by atoms with van der Waals surface area (Å²) in [6, 6.07) is -3.87. The highest BCUT2D eigenvalue weighted by Crippen LogP contribution is 2.34. The van der Waals surface area contributed by atoms with E-state index in [4.69, 9.17) is 43.6 Å². The van der Waals surface area contributed by atoms with Crippen molar-refractivity contribution in [3.63, 3.8) is 0 Å². The molecule has 0 aromatic heterocycles. The monoisotopic (exact) mass is 750 g/mol. The Balaban J connectivity index is 2.00. The first-order valence-electron chi connectivity index (χ1n) is 16.8. The average molecular weight is 751 g/mol. The van der Waals surface area contributed by atoms with Crippen molar-refractivity contribution in [3.8, 4) is 0 Å². The van der Waals surface area contributed by atoms with E-state index in [-0.39, 0.29) is 18.8 Å². The van der Waals surface area contributed by atoms with Gasteiger partial charge in [0, 0.05) is 44.3 Å². The third kappa shape index (κ3) is 10.9. The van der Waals surface area contributed by atoms with Crippen molar-refractivity contribution in [2.75, 3.05) is 33.5 Å². The van der Waals surface area contributed by atoms with Crippen LogP contribution in [0.25, 0.3) is 0 Å². The molecule has 0 saturated carbocycles. The molecular formula is C32H52N3O17-. The van der Waals surface area contributed by atoms with Crippen molar-refractivity contribution in [2.45, 2.75) is 120 Å². The number of carboxylic acid groups (broad SMARTS) is 1. The number of carbonyl (C=O) groups is 4. The maximum atomic E-state index is 12.5. The van der Waals surface area contributed by atoms with Gasteiger partial charge < -0.3 is 84.6 Å². The fourth-order valence-electron chi connectivity index (χ4n) is 6.01. The Bertz CT molecular complexity index is 1240. The van der Waals surface area contributed by atoms with Gasteiger partial charge in [-0.05, 0) is 6.92 Å². The number of esters is 1. The Hall–Kier alpha value is -2.86. The van der Waals surface area contributed by atoms with Gasteiger partial charge in [0.05, 0.1) is 38.1 Å². The van der Waals surface area contributed by atoms with Gasteiger partial charge in [-0.25, -0.2) is 4.79 Å². The van der Waals surface area contributed by atoms with Crippen LogP contribution in [0, 0.1) is 11.8 Å². The maximum absolute atomic E-state index is 12.5. The van der Waals surface area contributed by atoms with E-state index >= 15 is 0 Å². The molecule has 20 heteroatoms. The lowest BCUT2D eigenvalue weighted by molar-refractivity contribution is -0.350. The minimum atomic E-state index is -1.74. The smallest absolute Gasteiger partial charge is 0.333 e. The number of nitrogens with two attached hydrogens (primary N) is 1. The lowest BCUT2D eigenvalue weighted by Crippen LogP contribution is -2.70. The molecule has 16 unspecified atom stereocenters. The third-order valence-corrected chi connectivity index (χ3v) is 9.00. The molecule has 20 nitrogen and oxygen atoms in total. The van der Waals surface area contributed by atoms with Gasteiger partial charge >= 0.3 is 5.97 Å². The first-order valence-corrected chi connectivity index (χ1v) is 16.8. The van der Waals surface area contributed by atoms with Crippen LogP contribution in [0.4, 0.5) is 0 Å². The topological polar surface area (TPSA) is 296 Å². The van der Waals surface area contributed by atoms with Gasteiger partial charge in [0.25, 0.3) is 0 Å². The second kappa shape index (κ2) is 19.5. The first kappa shape index (κ1) is 43.5. The summed E-state index contributed by atoms with van der Waals surface area (Å²) in [5.74, 6) is -5.01. The summed E-state index contributed by atoms with van der Waals surface area (Å²) in [5.41, 5.74) is 6.25. The molecule has 2 amide bonds. The molecule has 0 spiro atoms. The zero-order valence-corrected chi connectivity index (χ0v) is 29.9. The van der Waals surface area contributed by atoms with Gasteiger partial charge in [-0.3, -0.25) is 9.59 Å². The van der Waals surface area contributed by atoms with Gasteiger partial charge in [0.15, 0.2) is 18.9 Å². The molecule has 3 saturated heterocycles. The summed E-state index contributed by atoms with van der Waals surface area (Å²) in [6.45, 7) is 8.50. The molecule has 0 aromatic rings. The SMILES string of the molecule is C=C(C)C(=O)OCC1OC(OC2C(COCC(C)C(=O)[O-])OC(OC)C(NC(C)=O)C2O)C(NC(C)=O)C(O)C1OC1OC(CO)C(C)C(O)C1N. The van der Waals surface area contributed by atoms with Gasteiger partial charge in [-0.2, -0.15) is 0 Å². The third-order valence-electron chi connectivity index (χ3n) is 9.00. The summed E-state index contributed by atoms with van der Waals surface area (Å²) in [4.78, 5) is 48.2. The number of amides is 2. The van der Waals surface area contributed by atoms with Gasteiger partial charge in [0.2, 0.25) is 11.8 Å². The molecule has 3 heterocycles. The number of aliphatic hydroxyl groups is 4. The van der Waals surface area contributed by atoms with Crippen LogP contribution in [0.15, 0.2) is 12.2 Å². The van der Waals surface area contributed by atoms with E-state index in [0.29, 0.717) is 0 Å². The van der Waals surface area contributed by atoms with Crippen LogP contribution in [0.3, 0.4) is 0 Å². The van der Waals surface area contributed by atoms with Gasteiger partial charge in [0.1, 0.15) is 55.3 Å². The average Bonchev–Trinajstić information content (AvgIpc) is 3.08. The number of aliphatic hydroxyl groups excluding tert-OH is 4. The quantitative estimate of drug-likeness (QED) is 0.0575. The normalized spacial score (nSPS) is 38.5. The first-order chi connectivity index (χ1) is 24.4. The molecule has 0 aliphatic carbocycles. The molecule has 3 aliphatic heterocycles. The largest absolute Gasteiger partial charge is 0.550 e. The van der Waals surface area contributed by atoms with Crippen LogP contribution in [-0.4, -0.2) is 164 Å². The molecule has 3 fully saturated rings. The van der Waals surface area contributed by atoms with Crippen molar-refractivity contribution >= 4 is 23.8 Å². The second-order valence-corrected chi connectivity index (χ2v) is 13.2. The number of methoxy groups -OCH3 is 1. The zero-order valence-electron chi connectivity index (χ0n) is 29.9. The van der Waals surface area contributed by atoms with E-state index < -0.39 is 135 Å². The fraction of sp³-hybridized carbons (Fsp3) is 0.812. The second-order valence-electron chi connectivity index (χ2n) is 13.2. The molecule has 0 bridgehead atoms. The highest BCUT2D eigenvalue weighted by Gasteiger charge is 2.54. The number of ether oxygens (including phenoxy) is 8. The van der Waals surface area contributed by atoms with Crippen molar-refractivity contribution in [1.82, 2.24) is 10.6 Å². The molecule has 52 heavy (non-hydrogen) atoms. The molecule has 8 N–H and O–H groups in total. The molecule has 0 aromatic carbocycles. The number of hydrogen-bond donors (Lipinski definition) is 7. The molecule has 298 valence electrons. The number of carboxylic acids is 1. The van der Waals surface area contributed by atoms with Gasteiger partial charge in [-0.1, -0.05) is 20.4 Å². The van der Waals surface area contributed by atoms with E-state index in [1.54, 1.807) is 6.92 Å². The van der Waals surface area contributed by atoms with Crippen LogP contribution in [0.5, 0.6) is 0 Å². The van der Waals surface area contributed by atoms with Crippen LogP contribution in [0.1, 0.15) is 34.6 Å². The Morgan fingerprint density at radius 3 is 1.85 bits per heavy atom. The van der Waals surface area contributed by atoms with Gasteiger partial charge in [-0.15, -0.1) is 0 Å². The molecule has 0 radical (unpaired) electrons. The summed E-state index contributed by atoms with van der Waals surface area (Å²) in [6.07, 6.45) is -15.4. The van der Waals surface area contributed by atoms with Crippen molar-refractivity contribution in [3.05, 3.63) is 12.2 Å². The van der Waals surface area contributed by atoms with E-state index in [1.165, 1.54) is 27.9 Å². The van der Waals surface area contributed by atoms with Crippen molar-refractivity contribution in [2.24, 2.45) is 17.6 Å². The predicted molar refractivity (Wildman–Crippen MR) is 171 cm³/mol. The summed E-state index contributed by atoms with van der Waals surface area (Å²) >= 11 is 0. The molecule has 3 rings (SSSR count). The standard InChI is InChI=1S/C32H53N3O17/c1-12(2)29(44)47-11-19-27(51-30-20(33)23(39)14(4)17(8-36)48-30)25(41)22(35-16(6)38)32(50-19)52-26-18(10-46-9-13(3)28(42)43)49-31(45-7)21(24(26)40)34-15(5)37/h13-14,17-27,30-32,36,39-41H,1,8-11,33H2,2-7H3,(H,34,37)(H,35,38)(H,42,43)/p-1. The minimum Gasteiger partial charge on any atom is -0.550 e. The maximum Gasteiger partial charge on any atom is 0.333 e. The number of carbonyl (C=O) groups excluding carboxylic acids is 4. The van der Waals surface area contributed by atoms with Crippen molar-refractivity contribution < 1.29 is 82.6 Å². The Kier molecular flexibility index (Phi) is 16.3. The summed E-state index contributed by atoms with van der Waals surface area (Å²) in [7, 11) is 1.26. The Labute approximate surface area is 300 Å². The molecule has 3 aliphatic rings. The lowest BCUT2D eigenvalue weighted by atomic mass is 9.89. The number of nitrogens with one attached hydrogen (secondary N) is 2. The Morgan fingerprint density at radius 2 is 1.35 bits per heavy atom. The number of aliphatic carboxylic acids is 1. The summed E-state index contributed by atoms with van der Waals surface area (Å²) < 4.78 is 46.5. The van der Waals surface area contributed by atoms with E-state index in [1.807, 2.05) is 0 Å². The molecular weight excluding hydrogens is 698 g/mol. The predicted octanol–water partition coefficient (Wildman–Crippen LogP) is -4.85. The Morgan fingerprint density at radius 1 is 0.846 bits per heavy atom. The lowest BCUT2D eigenvalue weighted by Gasteiger charge is -2.50. The zero-order chi connectivity index (χ0) is 39.0. The fourth-order valence-corrected chi connectivity index (χ4v) is 6.01. The minimum absolute atomic E-state index is 0.0355. The highest BCUT2D eigenvalue weighted by atomic mass is 16.7. The van der Waals surface area contributed by atoms with E-state index in [2.05, 4.69) is 17.2 Å². The van der Waals surface area contributed by atoms with Crippen molar-refractivity contribution in [1.29, 1.82) is 0 Å². The number of hydrogen-bond acceptors (Lipinski definition) is 18. The van der Waals surface area contributed by atoms with E-state index in [0.717, 1.165) is 6.92 Å². The van der Waals surface area contributed by atoms with Crippen LogP contribution >= 0.6 is 0 Å². The van der Waals surface area contributed by atoms with Crippen LogP contribution < -0.4 is 21.5 Å². The summed E-state index contributed by atoms with van der Waals surface area (Å²) in [5, 5.41) is 60.2. The molecule has 16 atom stereocenters. The highest BCUT2D eigenvalue weighted by molar-refractivity contribution is 5.86. The number of rotatable bonds is 16. The van der Waals surface area contributed by atoms with Crippen LogP contribution in [0.2, 0.25) is 0 Å². The van der Waals surface area contributed by atoms with Crippen LogP contribution in [-0.2, 0) is 57.1 Å².